The Bertz CT molecular complexity index is 530. The lowest BCUT2D eigenvalue weighted by atomic mass is 9.81. The highest BCUT2D eigenvalue weighted by atomic mass is 16.8. The molecular formula is C19H28O5. The zero-order valence-corrected chi connectivity index (χ0v) is 15.0. The van der Waals surface area contributed by atoms with E-state index in [9.17, 15) is 4.79 Å². The minimum Gasteiger partial charge on any atom is -0.465 e. The first kappa shape index (κ1) is 18.7. The average Bonchev–Trinajstić information content (AvgIpc) is 2.54. The van der Waals surface area contributed by atoms with Gasteiger partial charge in [-0.05, 0) is 50.8 Å². The molecule has 1 fully saturated rings. The maximum Gasteiger partial charge on any atom is 0.302 e. The van der Waals surface area contributed by atoms with Crippen molar-refractivity contribution in [1.29, 1.82) is 0 Å². The van der Waals surface area contributed by atoms with Gasteiger partial charge in [-0.25, -0.2) is 0 Å². The van der Waals surface area contributed by atoms with Gasteiger partial charge in [-0.15, -0.1) is 0 Å². The molecule has 5 heteroatoms. The summed E-state index contributed by atoms with van der Waals surface area (Å²) < 4.78 is 22.0. The van der Waals surface area contributed by atoms with Crippen LogP contribution in [0, 0.1) is 0 Å². The van der Waals surface area contributed by atoms with E-state index in [1.807, 2.05) is 32.0 Å². The Morgan fingerprint density at radius 1 is 1.17 bits per heavy atom. The van der Waals surface area contributed by atoms with Crippen molar-refractivity contribution in [2.24, 2.45) is 0 Å². The number of rotatable bonds is 7. The van der Waals surface area contributed by atoms with Crippen molar-refractivity contribution in [2.75, 3.05) is 7.11 Å². The SMILES string of the molecule is COC(C)OC(C)Oc1cccc(C2CCCCC2OC(C)=O)c1. The Labute approximate surface area is 144 Å². The van der Waals surface area contributed by atoms with Crippen molar-refractivity contribution in [2.45, 2.75) is 71.1 Å². The molecule has 1 saturated carbocycles. The van der Waals surface area contributed by atoms with E-state index < -0.39 is 6.29 Å². The molecule has 0 bridgehead atoms. The first-order chi connectivity index (χ1) is 11.5. The number of carbonyl (C=O) groups excluding carboxylic acids is 1. The molecule has 0 amide bonds. The third kappa shape index (κ3) is 5.49. The summed E-state index contributed by atoms with van der Waals surface area (Å²) in [6, 6.07) is 7.97. The Hall–Kier alpha value is -1.59. The van der Waals surface area contributed by atoms with E-state index in [4.69, 9.17) is 18.9 Å². The van der Waals surface area contributed by atoms with Gasteiger partial charge < -0.3 is 18.9 Å². The molecule has 0 aliphatic heterocycles. The fourth-order valence-electron chi connectivity index (χ4n) is 3.20. The van der Waals surface area contributed by atoms with Gasteiger partial charge in [0.2, 0.25) is 0 Å². The molecule has 0 spiro atoms. The zero-order chi connectivity index (χ0) is 17.5. The van der Waals surface area contributed by atoms with Crippen LogP contribution in [0.15, 0.2) is 24.3 Å². The molecule has 0 radical (unpaired) electrons. The quantitative estimate of drug-likeness (QED) is 0.556. The highest BCUT2D eigenvalue weighted by Crippen LogP contribution is 2.36. The predicted molar refractivity (Wildman–Crippen MR) is 90.9 cm³/mol. The molecule has 4 atom stereocenters. The fourth-order valence-corrected chi connectivity index (χ4v) is 3.20. The molecule has 1 aliphatic carbocycles. The van der Waals surface area contributed by atoms with E-state index in [-0.39, 0.29) is 24.3 Å². The number of ether oxygens (including phenoxy) is 4. The maximum atomic E-state index is 11.4. The minimum atomic E-state index is -0.411. The van der Waals surface area contributed by atoms with Crippen LogP contribution in [0.25, 0.3) is 0 Å². The third-order valence-electron chi connectivity index (χ3n) is 4.32. The monoisotopic (exact) mass is 336 g/mol. The lowest BCUT2D eigenvalue weighted by molar-refractivity contribution is -0.192. The Morgan fingerprint density at radius 3 is 2.62 bits per heavy atom. The lowest BCUT2D eigenvalue weighted by Crippen LogP contribution is -2.28. The molecule has 0 N–H and O–H groups in total. The van der Waals surface area contributed by atoms with E-state index in [0.717, 1.165) is 37.0 Å². The summed E-state index contributed by atoms with van der Waals surface area (Å²) in [5, 5.41) is 0. The highest BCUT2D eigenvalue weighted by molar-refractivity contribution is 5.66. The molecule has 2 rings (SSSR count). The number of esters is 1. The molecule has 5 nitrogen and oxygen atoms in total. The van der Waals surface area contributed by atoms with E-state index in [0.29, 0.717) is 0 Å². The topological polar surface area (TPSA) is 54.0 Å². The van der Waals surface area contributed by atoms with Gasteiger partial charge in [0.05, 0.1) is 0 Å². The molecule has 0 heterocycles. The molecule has 1 aliphatic rings. The van der Waals surface area contributed by atoms with Crippen molar-refractivity contribution < 1.29 is 23.7 Å². The number of benzene rings is 1. The molecule has 0 aromatic heterocycles. The summed E-state index contributed by atoms with van der Waals surface area (Å²) in [4.78, 5) is 11.4. The zero-order valence-electron chi connectivity index (χ0n) is 15.0. The summed E-state index contributed by atoms with van der Waals surface area (Å²) in [6.07, 6.45) is 3.41. The van der Waals surface area contributed by atoms with Crippen LogP contribution in [0.4, 0.5) is 0 Å². The van der Waals surface area contributed by atoms with Crippen LogP contribution in [-0.2, 0) is 19.0 Å². The summed E-state index contributed by atoms with van der Waals surface area (Å²) in [5.41, 5.74) is 1.14. The Kier molecular flexibility index (Phi) is 7.06. The van der Waals surface area contributed by atoms with E-state index in [1.54, 1.807) is 7.11 Å². The van der Waals surface area contributed by atoms with Gasteiger partial charge in [0.1, 0.15) is 11.9 Å². The summed E-state index contributed by atoms with van der Waals surface area (Å²) in [7, 11) is 1.59. The van der Waals surface area contributed by atoms with Crippen molar-refractivity contribution >= 4 is 5.97 Å². The average molecular weight is 336 g/mol. The number of hydrogen-bond acceptors (Lipinski definition) is 5. The smallest absolute Gasteiger partial charge is 0.302 e. The normalized spacial score (nSPS) is 23.3. The molecule has 24 heavy (non-hydrogen) atoms. The van der Waals surface area contributed by atoms with Crippen LogP contribution in [0.1, 0.15) is 57.9 Å². The Balaban J connectivity index is 2.06. The first-order valence-electron chi connectivity index (χ1n) is 8.61. The molecule has 134 valence electrons. The fraction of sp³-hybridized carbons (Fsp3) is 0.632. The summed E-state index contributed by atoms with van der Waals surface area (Å²) in [6.45, 7) is 5.13. The second kappa shape index (κ2) is 9.04. The van der Waals surface area contributed by atoms with E-state index in [1.165, 1.54) is 6.92 Å². The predicted octanol–water partition coefficient (Wildman–Crippen LogP) is 4.01. The standard InChI is InChI=1S/C19H28O5/c1-13(20)22-19-11-6-5-10-18(19)16-8-7-9-17(12-16)24-15(3)23-14(2)21-4/h7-9,12,14-15,18-19H,5-6,10-11H2,1-4H3. The number of carbonyl (C=O) groups is 1. The summed E-state index contributed by atoms with van der Waals surface area (Å²) >= 11 is 0. The van der Waals surface area contributed by atoms with Gasteiger partial charge in [0, 0.05) is 20.0 Å². The van der Waals surface area contributed by atoms with Crippen molar-refractivity contribution in [3.8, 4) is 5.75 Å². The highest BCUT2D eigenvalue weighted by Gasteiger charge is 2.29. The van der Waals surface area contributed by atoms with Crippen LogP contribution < -0.4 is 4.74 Å². The van der Waals surface area contributed by atoms with Crippen LogP contribution in [0.3, 0.4) is 0 Å². The molecule has 4 unspecified atom stereocenters. The first-order valence-corrected chi connectivity index (χ1v) is 8.61. The maximum absolute atomic E-state index is 11.4. The molecule has 0 saturated heterocycles. The second-order valence-electron chi connectivity index (χ2n) is 6.24. The van der Waals surface area contributed by atoms with Gasteiger partial charge >= 0.3 is 5.97 Å². The van der Waals surface area contributed by atoms with Crippen molar-refractivity contribution in [3.63, 3.8) is 0 Å². The molecule has 1 aromatic rings. The van der Waals surface area contributed by atoms with Crippen LogP contribution in [0.5, 0.6) is 5.75 Å². The van der Waals surface area contributed by atoms with Crippen LogP contribution >= 0.6 is 0 Å². The lowest BCUT2D eigenvalue weighted by Gasteiger charge is -2.31. The molecular weight excluding hydrogens is 308 g/mol. The van der Waals surface area contributed by atoms with Gasteiger partial charge in [-0.2, -0.15) is 0 Å². The molecule has 1 aromatic carbocycles. The van der Waals surface area contributed by atoms with Gasteiger partial charge in [0.15, 0.2) is 12.6 Å². The summed E-state index contributed by atoms with van der Waals surface area (Å²) in [5.74, 6) is 0.755. The van der Waals surface area contributed by atoms with Gasteiger partial charge in [0.25, 0.3) is 0 Å². The number of methoxy groups -OCH3 is 1. The van der Waals surface area contributed by atoms with Crippen LogP contribution in [-0.4, -0.2) is 31.8 Å². The largest absolute Gasteiger partial charge is 0.465 e. The van der Waals surface area contributed by atoms with E-state index >= 15 is 0 Å². The van der Waals surface area contributed by atoms with E-state index in [2.05, 4.69) is 6.07 Å². The van der Waals surface area contributed by atoms with Gasteiger partial charge in [-0.1, -0.05) is 18.6 Å². The number of hydrogen-bond donors (Lipinski definition) is 0. The Morgan fingerprint density at radius 2 is 1.92 bits per heavy atom. The van der Waals surface area contributed by atoms with Crippen LogP contribution in [0.2, 0.25) is 0 Å². The minimum absolute atomic E-state index is 0.0475. The second-order valence-corrected chi connectivity index (χ2v) is 6.24. The third-order valence-corrected chi connectivity index (χ3v) is 4.32. The van der Waals surface area contributed by atoms with Gasteiger partial charge in [-0.3, -0.25) is 4.79 Å². The van der Waals surface area contributed by atoms with Crippen molar-refractivity contribution in [1.82, 2.24) is 0 Å². The van der Waals surface area contributed by atoms with Crippen molar-refractivity contribution in [3.05, 3.63) is 29.8 Å².